The molecular weight excluding hydrogens is 172 g/mol. The van der Waals surface area contributed by atoms with Gasteiger partial charge in [0.1, 0.15) is 0 Å². The summed E-state index contributed by atoms with van der Waals surface area (Å²) in [5, 5.41) is 0. The molecule has 78 valence electrons. The van der Waals surface area contributed by atoms with Crippen molar-refractivity contribution >= 4 is 5.78 Å². The maximum absolute atomic E-state index is 11.8. The number of unbranched alkanes of at least 4 members (excludes halogenated alkanes) is 1. The van der Waals surface area contributed by atoms with E-state index in [2.05, 4.69) is 26.8 Å². The summed E-state index contributed by atoms with van der Waals surface area (Å²) in [5.74, 6) is 0.341. The van der Waals surface area contributed by atoms with Crippen molar-refractivity contribution in [3.63, 3.8) is 0 Å². The first-order chi connectivity index (χ1) is 6.69. The standard InChI is InChI=1S/C13H20O/c1-4-6-7-13(14)12-9-11(5-2)8-10(12)3/h9H,4-8H2,1-3H3. The molecular formula is C13H20O. The molecule has 1 aliphatic rings. The van der Waals surface area contributed by atoms with E-state index >= 15 is 0 Å². The van der Waals surface area contributed by atoms with Crippen LogP contribution < -0.4 is 0 Å². The van der Waals surface area contributed by atoms with E-state index in [1.807, 2.05) is 0 Å². The van der Waals surface area contributed by atoms with Crippen LogP contribution in [0.15, 0.2) is 22.8 Å². The zero-order valence-electron chi connectivity index (χ0n) is 9.52. The van der Waals surface area contributed by atoms with Crippen LogP contribution in [0.4, 0.5) is 0 Å². The Morgan fingerprint density at radius 3 is 2.64 bits per heavy atom. The summed E-state index contributed by atoms with van der Waals surface area (Å²) in [5.41, 5.74) is 3.67. The smallest absolute Gasteiger partial charge is 0.162 e. The molecule has 0 aliphatic heterocycles. The lowest BCUT2D eigenvalue weighted by Gasteiger charge is -2.00. The topological polar surface area (TPSA) is 17.1 Å². The van der Waals surface area contributed by atoms with Gasteiger partial charge >= 0.3 is 0 Å². The summed E-state index contributed by atoms with van der Waals surface area (Å²) in [7, 11) is 0. The number of hydrogen-bond donors (Lipinski definition) is 0. The first kappa shape index (κ1) is 11.2. The maximum atomic E-state index is 11.8. The molecule has 1 heteroatoms. The van der Waals surface area contributed by atoms with Crippen LogP contribution in [0.2, 0.25) is 0 Å². The van der Waals surface area contributed by atoms with Crippen LogP contribution in [-0.4, -0.2) is 5.78 Å². The second kappa shape index (κ2) is 5.14. The molecule has 0 unspecified atom stereocenters. The molecule has 0 saturated carbocycles. The minimum absolute atomic E-state index is 0.341. The highest BCUT2D eigenvalue weighted by Crippen LogP contribution is 2.28. The Balaban J connectivity index is 2.62. The highest BCUT2D eigenvalue weighted by molar-refractivity contribution is 5.99. The molecule has 0 N–H and O–H groups in total. The Morgan fingerprint density at radius 1 is 1.43 bits per heavy atom. The fourth-order valence-electron chi connectivity index (χ4n) is 1.83. The second-order valence-corrected chi connectivity index (χ2v) is 4.05. The van der Waals surface area contributed by atoms with E-state index in [1.165, 1.54) is 11.1 Å². The lowest BCUT2D eigenvalue weighted by molar-refractivity contribution is -0.115. The third-order valence-electron chi connectivity index (χ3n) is 2.81. The molecule has 0 radical (unpaired) electrons. The van der Waals surface area contributed by atoms with Crippen LogP contribution in [-0.2, 0) is 4.79 Å². The molecule has 0 bridgehead atoms. The van der Waals surface area contributed by atoms with Crippen LogP contribution in [0.1, 0.15) is 52.9 Å². The Hall–Kier alpha value is -0.850. The zero-order valence-corrected chi connectivity index (χ0v) is 9.52. The number of ketones is 1. The number of carbonyl (C=O) groups excluding carboxylic acids is 1. The fourth-order valence-corrected chi connectivity index (χ4v) is 1.83. The zero-order chi connectivity index (χ0) is 10.6. The van der Waals surface area contributed by atoms with Crippen molar-refractivity contribution in [1.29, 1.82) is 0 Å². The van der Waals surface area contributed by atoms with E-state index in [4.69, 9.17) is 0 Å². The molecule has 1 aliphatic carbocycles. The lowest BCUT2D eigenvalue weighted by atomic mass is 10.0. The summed E-state index contributed by atoms with van der Waals surface area (Å²) < 4.78 is 0. The summed E-state index contributed by atoms with van der Waals surface area (Å²) >= 11 is 0. The van der Waals surface area contributed by atoms with Gasteiger partial charge in [-0.1, -0.05) is 37.5 Å². The molecule has 0 aromatic heterocycles. The predicted molar refractivity (Wildman–Crippen MR) is 60.2 cm³/mol. The summed E-state index contributed by atoms with van der Waals surface area (Å²) in [6.07, 6.45) is 7.03. The first-order valence-electron chi connectivity index (χ1n) is 5.61. The van der Waals surface area contributed by atoms with E-state index in [9.17, 15) is 4.79 Å². The summed E-state index contributed by atoms with van der Waals surface area (Å²) in [6.45, 7) is 6.35. The lowest BCUT2D eigenvalue weighted by Crippen LogP contribution is -2.00. The number of carbonyl (C=O) groups is 1. The minimum atomic E-state index is 0.341. The van der Waals surface area contributed by atoms with Gasteiger partial charge in [-0.05, 0) is 26.2 Å². The van der Waals surface area contributed by atoms with E-state index in [1.54, 1.807) is 0 Å². The third-order valence-corrected chi connectivity index (χ3v) is 2.81. The average Bonchev–Trinajstić information content (AvgIpc) is 2.56. The molecule has 0 amide bonds. The number of hydrogen-bond acceptors (Lipinski definition) is 1. The Morgan fingerprint density at radius 2 is 2.14 bits per heavy atom. The van der Waals surface area contributed by atoms with Crippen molar-refractivity contribution in [3.8, 4) is 0 Å². The molecule has 0 aromatic carbocycles. The van der Waals surface area contributed by atoms with Gasteiger partial charge in [0.15, 0.2) is 5.78 Å². The predicted octanol–water partition coefficient (Wildman–Crippen LogP) is 3.80. The monoisotopic (exact) mass is 192 g/mol. The Kier molecular flexibility index (Phi) is 4.12. The molecule has 0 aromatic rings. The minimum Gasteiger partial charge on any atom is -0.294 e. The second-order valence-electron chi connectivity index (χ2n) is 4.05. The average molecular weight is 192 g/mol. The number of allylic oxidation sites excluding steroid dienone is 4. The van der Waals surface area contributed by atoms with Gasteiger partial charge < -0.3 is 0 Å². The van der Waals surface area contributed by atoms with E-state index in [0.717, 1.165) is 37.7 Å². The van der Waals surface area contributed by atoms with E-state index in [-0.39, 0.29) is 0 Å². The van der Waals surface area contributed by atoms with Crippen molar-refractivity contribution in [2.24, 2.45) is 0 Å². The highest BCUT2D eigenvalue weighted by atomic mass is 16.1. The van der Waals surface area contributed by atoms with Gasteiger partial charge in [-0.3, -0.25) is 4.79 Å². The quantitative estimate of drug-likeness (QED) is 0.647. The normalized spacial score (nSPS) is 16.1. The molecule has 1 nitrogen and oxygen atoms in total. The van der Waals surface area contributed by atoms with Crippen LogP contribution in [0.3, 0.4) is 0 Å². The molecule has 0 saturated heterocycles. The van der Waals surface area contributed by atoms with Crippen LogP contribution in [0, 0.1) is 0 Å². The van der Waals surface area contributed by atoms with Crippen molar-refractivity contribution in [1.82, 2.24) is 0 Å². The van der Waals surface area contributed by atoms with Gasteiger partial charge in [0.2, 0.25) is 0 Å². The van der Waals surface area contributed by atoms with Gasteiger partial charge in [0.05, 0.1) is 0 Å². The largest absolute Gasteiger partial charge is 0.294 e. The molecule has 0 heterocycles. The van der Waals surface area contributed by atoms with Crippen LogP contribution in [0.5, 0.6) is 0 Å². The fraction of sp³-hybridized carbons (Fsp3) is 0.615. The molecule has 0 spiro atoms. The number of Topliss-reactive ketones (excluding diaryl/α,β-unsaturated/α-hetero) is 1. The number of rotatable bonds is 5. The molecule has 14 heavy (non-hydrogen) atoms. The van der Waals surface area contributed by atoms with Crippen LogP contribution in [0.25, 0.3) is 0 Å². The van der Waals surface area contributed by atoms with Gasteiger partial charge in [0.25, 0.3) is 0 Å². The summed E-state index contributed by atoms with van der Waals surface area (Å²) in [6, 6.07) is 0. The third kappa shape index (κ3) is 2.57. The van der Waals surface area contributed by atoms with Crippen LogP contribution >= 0.6 is 0 Å². The molecule has 0 fully saturated rings. The molecule has 1 rings (SSSR count). The first-order valence-corrected chi connectivity index (χ1v) is 5.61. The summed E-state index contributed by atoms with van der Waals surface area (Å²) in [4.78, 5) is 11.8. The van der Waals surface area contributed by atoms with E-state index < -0.39 is 0 Å². The Labute approximate surface area is 86.9 Å². The van der Waals surface area contributed by atoms with Crippen molar-refractivity contribution in [2.45, 2.75) is 52.9 Å². The van der Waals surface area contributed by atoms with Gasteiger partial charge in [0, 0.05) is 12.0 Å². The highest BCUT2D eigenvalue weighted by Gasteiger charge is 2.16. The van der Waals surface area contributed by atoms with Gasteiger partial charge in [-0.15, -0.1) is 0 Å². The van der Waals surface area contributed by atoms with Gasteiger partial charge in [-0.25, -0.2) is 0 Å². The maximum Gasteiger partial charge on any atom is 0.162 e. The Bertz CT molecular complexity index is 282. The van der Waals surface area contributed by atoms with E-state index in [0.29, 0.717) is 5.78 Å². The SMILES string of the molecule is CCCCC(=O)C1=C(C)CC(CC)=C1. The van der Waals surface area contributed by atoms with Crippen molar-refractivity contribution in [2.75, 3.05) is 0 Å². The van der Waals surface area contributed by atoms with Gasteiger partial charge in [-0.2, -0.15) is 0 Å². The van der Waals surface area contributed by atoms with Crippen molar-refractivity contribution < 1.29 is 4.79 Å². The molecule has 0 atom stereocenters. The van der Waals surface area contributed by atoms with Crippen molar-refractivity contribution in [3.05, 3.63) is 22.8 Å².